The Bertz CT molecular complexity index is 295. The molecule has 1 N–H and O–H groups in total. The minimum atomic E-state index is -3.60. The number of alkyl halides is 3. The van der Waals surface area contributed by atoms with Crippen LogP contribution in [0.1, 0.15) is 5.56 Å². The van der Waals surface area contributed by atoms with Crippen molar-refractivity contribution in [3.8, 4) is 0 Å². The molecular formula is C9H8Cl2F2O. The van der Waals surface area contributed by atoms with E-state index in [4.69, 9.17) is 16.7 Å². The zero-order chi connectivity index (χ0) is 10.8. The summed E-state index contributed by atoms with van der Waals surface area (Å²) in [6.45, 7) is 0. The number of aliphatic hydroxyl groups excluding tert-OH is 1. The number of rotatable bonds is 3. The molecule has 0 aliphatic carbocycles. The molecule has 1 aromatic carbocycles. The van der Waals surface area contributed by atoms with Crippen LogP contribution in [0.4, 0.5) is 8.78 Å². The highest BCUT2D eigenvalue weighted by Crippen LogP contribution is 2.26. The summed E-state index contributed by atoms with van der Waals surface area (Å²) in [5.41, 5.74) is 0.558. The second kappa shape index (κ2) is 4.43. The molecule has 1 nitrogen and oxygen atoms in total. The predicted octanol–water partition coefficient (Wildman–Crippen LogP) is 3.08. The maximum absolute atomic E-state index is 12.4. The third-order valence-corrected chi connectivity index (χ3v) is 2.22. The highest BCUT2D eigenvalue weighted by molar-refractivity contribution is 6.30. The lowest BCUT2D eigenvalue weighted by molar-refractivity contribution is -0.0397. The Balaban J connectivity index is 2.65. The molecule has 0 spiro atoms. The van der Waals surface area contributed by atoms with E-state index in [0.717, 1.165) is 0 Å². The zero-order valence-electron chi connectivity index (χ0n) is 7.05. The van der Waals surface area contributed by atoms with Gasteiger partial charge in [0.15, 0.2) is 0 Å². The van der Waals surface area contributed by atoms with Gasteiger partial charge in [0.25, 0.3) is 0 Å². The molecule has 14 heavy (non-hydrogen) atoms. The summed E-state index contributed by atoms with van der Waals surface area (Å²) in [7, 11) is 0. The van der Waals surface area contributed by atoms with Crippen LogP contribution in [-0.2, 0) is 6.42 Å². The van der Waals surface area contributed by atoms with E-state index >= 15 is 0 Å². The number of halogens is 4. The van der Waals surface area contributed by atoms with Gasteiger partial charge < -0.3 is 5.11 Å². The van der Waals surface area contributed by atoms with E-state index < -0.39 is 11.5 Å². The molecule has 1 aromatic rings. The van der Waals surface area contributed by atoms with E-state index in [1.807, 2.05) is 0 Å². The number of aliphatic hydroxyl groups is 1. The number of hydrogen-bond donors (Lipinski definition) is 1. The van der Waals surface area contributed by atoms with Gasteiger partial charge in [-0.2, -0.15) is 8.78 Å². The van der Waals surface area contributed by atoms with Gasteiger partial charge in [0.1, 0.15) is 6.10 Å². The summed E-state index contributed by atoms with van der Waals surface area (Å²) in [6.07, 6.45) is -2.08. The first-order chi connectivity index (χ1) is 6.39. The fraction of sp³-hybridized carbons (Fsp3) is 0.333. The molecule has 0 aliphatic rings. The Morgan fingerprint density at radius 1 is 1.29 bits per heavy atom. The summed E-state index contributed by atoms with van der Waals surface area (Å²) in [6, 6.07) is 6.26. The highest BCUT2D eigenvalue weighted by Gasteiger charge is 2.35. The molecule has 0 aliphatic heterocycles. The number of benzene rings is 1. The Hall–Kier alpha value is -0.380. The lowest BCUT2D eigenvalue weighted by Crippen LogP contribution is -2.29. The maximum atomic E-state index is 12.4. The summed E-state index contributed by atoms with van der Waals surface area (Å²) in [4.78, 5) is 0. The van der Waals surface area contributed by atoms with E-state index in [9.17, 15) is 8.78 Å². The van der Waals surface area contributed by atoms with Crippen LogP contribution in [0.3, 0.4) is 0 Å². The van der Waals surface area contributed by atoms with Gasteiger partial charge in [0, 0.05) is 11.4 Å². The largest absolute Gasteiger partial charge is 0.385 e. The van der Waals surface area contributed by atoms with Crippen molar-refractivity contribution >= 4 is 23.2 Å². The predicted molar refractivity (Wildman–Crippen MR) is 52.0 cm³/mol. The fourth-order valence-corrected chi connectivity index (χ4v) is 1.16. The molecule has 0 amide bonds. The third kappa shape index (κ3) is 3.40. The standard InChI is InChI=1S/C9H8Cl2F2O/c10-7-3-1-6(2-4-7)5-8(14)9(11,12)13/h1-4,8,14H,5H2. The average molecular weight is 241 g/mol. The number of hydrogen-bond acceptors (Lipinski definition) is 1. The molecule has 0 saturated heterocycles. The third-order valence-electron chi connectivity index (χ3n) is 1.72. The van der Waals surface area contributed by atoms with Crippen molar-refractivity contribution in [3.05, 3.63) is 34.9 Å². The van der Waals surface area contributed by atoms with Crippen LogP contribution >= 0.6 is 23.2 Å². The normalized spacial score (nSPS) is 14.1. The van der Waals surface area contributed by atoms with Crippen LogP contribution in [0, 0.1) is 0 Å². The van der Waals surface area contributed by atoms with Gasteiger partial charge in [-0.1, -0.05) is 23.7 Å². The topological polar surface area (TPSA) is 20.2 Å². The molecule has 0 saturated carbocycles. The second-order valence-electron chi connectivity index (χ2n) is 2.89. The first kappa shape index (κ1) is 11.7. The Labute approximate surface area is 90.3 Å². The van der Waals surface area contributed by atoms with Crippen LogP contribution in [0.2, 0.25) is 5.02 Å². The SMILES string of the molecule is OC(Cc1ccc(Cl)cc1)C(F)(F)Cl. The molecule has 1 atom stereocenters. The molecule has 78 valence electrons. The maximum Gasteiger partial charge on any atom is 0.347 e. The van der Waals surface area contributed by atoms with Crippen molar-refractivity contribution in [1.82, 2.24) is 0 Å². The van der Waals surface area contributed by atoms with Crippen molar-refractivity contribution in [1.29, 1.82) is 0 Å². The Morgan fingerprint density at radius 3 is 2.21 bits per heavy atom. The molecular weight excluding hydrogens is 233 g/mol. The Morgan fingerprint density at radius 2 is 1.79 bits per heavy atom. The summed E-state index contributed by atoms with van der Waals surface area (Å²) in [5, 5.41) is 5.91. The fourth-order valence-electron chi connectivity index (χ4n) is 0.959. The highest BCUT2D eigenvalue weighted by atomic mass is 35.5. The Kier molecular flexibility index (Phi) is 3.70. The minimum absolute atomic E-state index is 0.201. The van der Waals surface area contributed by atoms with Crippen molar-refractivity contribution in [2.24, 2.45) is 0 Å². The molecule has 5 heteroatoms. The molecule has 0 bridgehead atoms. The first-order valence-corrected chi connectivity index (χ1v) is 4.64. The monoisotopic (exact) mass is 240 g/mol. The minimum Gasteiger partial charge on any atom is -0.385 e. The molecule has 0 heterocycles. The lowest BCUT2D eigenvalue weighted by atomic mass is 10.1. The molecule has 0 radical (unpaired) electrons. The molecule has 1 unspecified atom stereocenters. The molecule has 0 aromatic heterocycles. The smallest absolute Gasteiger partial charge is 0.347 e. The quantitative estimate of drug-likeness (QED) is 0.806. The summed E-state index contributed by atoms with van der Waals surface area (Å²) < 4.78 is 24.7. The van der Waals surface area contributed by atoms with E-state index in [2.05, 4.69) is 11.6 Å². The van der Waals surface area contributed by atoms with Crippen LogP contribution in [0.15, 0.2) is 24.3 Å². The molecule has 1 rings (SSSR count). The van der Waals surface area contributed by atoms with Crippen molar-refractivity contribution in [2.75, 3.05) is 0 Å². The lowest BCUT2D eigenvalue weighted by Gasteiger charge is -2.15. The van der Waals surface area contributed by atoms with Crippen LogP contribution in [0.25, 0.3) is 0 Å². The van der Waals surface area contributed by atoms with Crippen molar-refractivity contribution in [3.63, 3.8) is 0 Å². The van der Waals surface area contributed by atoms with Crippen LogP contribution < -0.4 is 0 Å². The van der Waals surface area contributed by atoms with Gasteiger partial charge in [-0.25, -0.2) is 0 Å². The molecule has 0 fully saturated rings. The average Bonchev–Trinajstić information content (AvgIpc) is 2.07. The van der Waals surface area contributed by atoms with Crippen molar-refractivity contribution in [2.45, 2.75) is 17.9 Å². The van der Waals surface area contributed by atoms with Gasteiger partial charge in [-0.15, -0.1) is 0 Å². The van der Waals surface area contributed by atoms with Gasteiger partial charge in [0.05, 0.1) is 0 Å². The first-order valence-electron chi connectivity index (χ1n) is 3.89. The van der Waals surface area contributed by atoms with Crippen LogP contribution in [0.5, 0.6) is 0 Å². The van der Waals surface area contributed by atoms with E-state index in [1.54, 1.807) is 24.3 Å². The van der Waals surface area contributed by atoms with Gasteiger partial charge in [0.2, 0.25) is 0 Å². The van der Waals surface area contributed by atoms with Crippen molar-refractivity contribution < 1.29 is 13.9 Å². The zero-order valence-corrected chi connectivity index (χ0v) is 8.56. The van der Waals surface area contributed by atoms with Crippen LogP contribution in [-0.4, -0.2) is 16.6 Å². The van der Waals surface area contributed by atoms with E-state index in [1.165, 1.54) is 0 Å². The van der Waals surface area contributed by atoms with E-state index in [-0.39, 0.29) is 6.42 Å². The summed E-state index contributed by atoms with van der Waals surface area (Å²) in [5.74, 6) is 0. The van der Waals surface area contributed by atoms with Gasteiger partial charge in [-0.05, 0) is 29.3 Å². The van der Waals surface area contributed by atoms with E-state index in [0.29, 0.717) is 10.6 Å². The van der Waals surface area contributed by atoms with Gasteiger partial charge >= 0.3 is 5.38 Å². The summed E-state index contributed by atoms with van der Waals surface area (Å²) >= 11 is 10.3. The second-order valence-corrected chi connectivity index (χ2v) is 3.83. The van der Waals surface area contributed by atoms with Gasteiger partial charge in [-0.3, -0.25) is 0 Å².